The Hall–Kier alpha value is -2.30. The number of aromatic nitrogens is 8. The van der Waals surface area contributed by atoms with Crippen molar-refractivity contribution in [3.05, 3.63) is 46.0 Å². The third-order valence-corrected chi connectivity index (χ3v) is 2.88. The Morgan fingerprint density at radius 2 is 1.24 bits per heavy atom. The summed E-state index contributed by atoms with van der Waals surface area (Å²) in [6.07, 6.45) is 5.39. The summed E-state index contributed by atoms with van der Waals surface area (Å²) in [5.74, 6) is 0. The van der Waals surface area contributed by atoms with Crippen LogP contribution in [0.1, 0.15) is 1.43 Å². The van der Waals surface area contributed by atoms with Gasteiger partial charge in [0.05, 0.1) is 12.7 Å². The van der Waals surface area contributed by atoms with Crippen LogP contribution in [0.25, 0.3) is 22.3 Å². The molecule has 0 amide bonds. The molecule has 10 nitrogen and oxygen atoms in total. The fraction of sp³-hybridized carbons (Fsp3) is 0. The second-order valence-corrected chi connectivity index (χ2v) is 3.99. The Morgan fingerprint density at radius 1 is 0.810 bits per heavy atom. The maximum absolute atomic E-state index is 11.6. The van der Waals surface area contributed by atoms with Crippen LogP contribution in [0.3, 0.4) is 0 Å². The Kier molecular flexibility index (Phi) is 3.20. The molecule has 0 spiro atoms. The van der Waals surface area contributed by atoms with Crippen LogP contribution >= 0.6 is 0 Å². The second kappa shape index (κ2) is 4.91. The van der Waals surface area contributed by atoms with Crippen molar-refractivity contribution >= 4 is 22.3 Å². The van der Waals surface area contributed by atoms with Gasteiger partial charge >= 0.3 is 29.6 Å². The number of fused-ring (bicyclic) bond motifs is 2. The van der Waals surface area contributed by atoms with Gasteiger partial charge in [-0.05, 0) is 0 Å². The van der Waals surface area contributed by atoms with Gasteiger partial charge in [0.25, 0.3) is 11.1 Å². The number of hydrogen-bond donors (Lipinski definition) is 2. The van der Waals surface area contributed by atoms with E-state index in [1.807, 2.05) is 0 Å². The van der Waals surface area contributed by atoms with E-state index in [1.165, 1.54) is 34.7 Å². The van der Waals surface area contributed by atoms with E-state index in [0.717, 1.165) is 0 Å². The molecule has 0 saturated carbocycles. The van der Waals surface area contributed by atoms with E-state index in [2.05, 4.69) is 29.9 Å². The quantitative estimate of drug-likeness (QED) is 0.344. The monoisotopic (exact) mass is 294 g/mol. The maximum atomic E-state index is 11.6. The minimum Gasteiger partial charge on any atom is -1.00 e. The first-order valence-electron chi connectivity index (χ1n) is 5.58. The number of aromatic amines is 2. The minimum atomic E-state index is -0.344. The van der Waals surface area contributed by atoms with Gasteiger partial charge in [-0.2, -0.15) is 0 Å². The van der Waals surface area contributed by atoms with E-state index >= 15 is 0 Å². The molecule has 0 unspecified atom stereocenters. The first-order chi connectivity index (χ1) is 9.75. The molecular weight excluding hydrogens is 287 g/mol. The largest absolute Gasteiger partial charge is 1.00 e. The van der Waals surface area contributed by atoms with Crippen molar-refractivity contribution in [3.63, 3.8) is 0 Å². The molecule has 4 aromatic rings. The van der Waals surface area contributed by atoms with Gasteiger partial charge in [0.1, 0.15) is 12.7 Å². The van der Waals surface area contributed by atoms with Crippen LogP contribution in [-0.4, -0.2) is 39.3 Å². The van der Waals surface area contributed by atoms with Gasteiger partial charge in [0, 0.05) is 0 Å². The zero-order valence-corrected chi connectivity index (χ0v) is 12.8. The van der Waals surface area contributed by atoms with Gasteiger partial charge in [-0.1, -0.05) is 0 Å². The molecule has 0 bridgehead atoms. The fourth-order valence-corrected chi connectivity index (χ4v) is 1.98. The van der Waals surface area contributed by atoms with Gasteiger partial charge in [-0.15, -0.1) is 0 Å². The van der Waals surface area contributed by atoms with Gasteiger partial charge in [0.15, 0.2) is 22.3 Å². The van der Waals surface area contributed by atoms with E-state index in [9.17, 15) is 9.59 Å². The van der Waals surface area contributed by atoms with Crippen molar-refractivity contribution < 1.29 is 31.0 Å². The van der Waals surface area contributed by atoms with E-state index in [1.54, 1.807) is 0 Å². The molecule has 0 radical (unpaired) electrons. The number of hydrogen-bond acceptors (Lipinski definition) is 6. The third-order valence-electron chi connectivity index (χ3n) is 2.88. The summed E-state index contributed by atoms with van der Waals surface area (Å²) in [7, 11) is 0. The standard InChI is InChI=1S/C10H6N8O2.Na.H/c19-9-5-7(11-1-13-9)17(3-15-5)18-4-16-6-8(18)12-2-14-10(6)20;;/h1-4H,(H,11,13,19)(H,12,14,20);;/q;+1;-1. The number of H-pyrrole nitrogens is 2. The molecular formula is C10H7N8NaO2. The van der Waals surface area contributed by atoms with Gasteiger partial charge in [0.2, 0.25) is 0 Å². The zero-order valence-electron chi connectivity index (χ0n) is 11.8. The smallest absolute Gasteiger partial charge is 1.00 e. The first-order valence-corrected chi connectivity index (χ1v) is 5.58. The van der Waals surface area contributed by atoms with E-state index < -0.39 is 0 Å². The molecule has 4 rings (SSSR count). The molecule has 0 aliphatic rings. The zero-order chi connectivity index (χ0) is 13.7. The Balaban J connectivity index is 0.000000882. The van der Waals surface area contributed by atoms with Crippen LogP contribution in [-0.2, 0) is 0 Å². The molecule has 0 aliphatic heterocycles. The number of rotatable bonds is 1. The summed E-state index contributed by atoms with van der Waals surface area (Å²) in [5.41, 5.74) is 0.386. The number of nitrogens with one attached hydrogen (secondary N) is 2. The van der Waals surface area contributed by atoms with Crippen molar-refractivity contribution in [2.24, 2.45) is 0 Å². The Morgan fingerprint density at radius 3 is 1.67 bits per heavy atom. The molecule has 4 aromatic heterocycles. The van der Waals surface area contributed by atoms with E-state index in [4.69, 9.17) is 0 Å². The van der Waals surface area contributed by atoms with Crippen LogP contribution in [0.15, 0.2) is 34.9 Å². The van der Waals surface area contributed by atoms with Gasteiger partial charge in [-0.25, -0.2) is 29.3 Å². The second-order valence-electron chi connectivity index (χ2n) is 3.99. The van der Waals surface area contributed by atoms with Crippen molar-refractivity contribution in [3.8, 4) is 0 Å². The van der Waals surface area contributed by atoms with Crippen molar-refractivity contribution in [1.82, 2.24) is 39.3 Å². The topological polar surface area (TPSA) is 127 Å². The molecule has 0 saturated heterocycles. The maximum Gasteiger partial charge on any atom is 1.00 e. The number of imidazole rings is 2. The molecule has 2 N–H and O–H groups in total. The Labute approximate surface area is 138 Å². The van der Waals surface area contributed by atoms with Crippen molar-refractivity contribution in [2.45, 2.75) is 0 Å². The average Bonchev–Trinajstić information content (AvgIpc) is 3.03. The predicted octanol–water partition coefficient (Wildman–Crippen LogP) is -4.02. The fourth-order valence-electron chi connectivity index (χ4n) is 1.98. The van der Waals surface area contributed by atoms with Crippen molar-refractivity contribution in [2.75, 3.05) is 0 Å². The SMILES string of the molecule is O=c1[nH]cnc2c1ncn2-n1cnc2c(=O)[nH]cnc21.[H-].[Na+]. The summed E-state index contributed by atoms with van der Waals surface area (Å²) in [6.45, 7) is 0. The summed E-state index contributed by atoms with van der Waals surface area (Å²) in [4.78, 5) is 44.2. The summed E-state index contributed by atoms with van der Waals surface area (Å²) >= 11 is 0. The predicted molar refractivity (Wildman–Crippen MR) is 68.2 cm³/mol. The molecule has 11 heteroatoms. The molecule has 0 aliphatic carbocycles. The van der Waals surface area contributed by atoms with Crippen LogP contribution in [0.2, 0.25) is 0 Å². The average molecular weight is 294 g/mol. The van der Waals surface area contributed by atoms with Gasteiger partial charge < -0.3 is 11.4 Å². The summed E-state index contributed by atoms with van der Waals surface area (Å²) < 4.78 is 2.98. The van der Waals surface area contributed by atoms with E-state index in [-0.39, 0.29) is 53.1 Å². The number of nitrogens with zero attached hydrogens (tertiary/aromatic N) is 6. The molecule has 0 fully saturated rings. The normalized spacial score (nSPS) is 10.9. The Bertz CT molecular complexity index is 978. The van der Waals surface area contributed by atoms with E-state index in [0.29, 0.717) is 11.3 Å². The van der Waals surface area contributed by atoms with Gasteiger partial charge in [-0.3, -0.25) is 9.59 Å². The minimum absolute atomic E-state index is 0. The van der Waals surface area contributed by atoms with Crippen LogP contribution in [0.5, 0.6) is 0 Å². The molecule has 21 heavy (non-hydrogen) atoms. The molecule has 0 atom stereocenters. The third kappa shape index (κ3) is 1.92. The summed E-state index contributed by atoms with van der Waals surface area (Å²) in [6, 6.07) is 0. The van der Waals surface area contributed by atoms with Crippen LogP contribution < -0.4 is 40.7 Å². The molecule has 0 aromatic carbocycles. The van der Waals surface area contributed by atoms with Crippen LogP contribution in [0.4, 0.5) is 0 Å². The first kappa shape index (κ1) is 13.7. The molecule has 100 valence electrons. The summed E-state index contributed by atoms with van der Waals surface area (Å²) in [5, 5.41) is 0. The van der Waals surface area contributed by atoms with Crippen LogP contribution in [0, 0.1) is 0 Å². The van der Waals surface area contributed by atoms with Crippen molar-refractivity contribution in [1.29, 1.82) is 0 Å². The molecule has 4 heterocycles.